The lowest BCUT2D eigenvalue weighted by atomic mass is 10.2. The fraction of sp³-hybridized carbons (Fsp3) is 0.0714. The second kappa shape index (κ2) is 6.17. The Labute approximate surface area is 110 Å². The molecule has 0 aliphatic carbocycles. The van der Waals surface area contributed by atoms with Crippen LogP contribution in [0.1, 0.15) is 11.1 Å². The van der Waals surface area contributed by atoms with Crippen LogP contribution >= 0.6 is 11.6 Å². The van der Waals surface area contributed by atoms with Gasteiger partial charge >= 0.3 is 0 Å². The number of rotatable bonds is 4. The zero-order chi connectivity index (χ0) is 12.8. The molecule has 1 radical (unpaired) electrons. The third-order valence-corrected chi connectivity index (χ3v) is 2.42. The van der Waals surface area contributed by atoms with Gasteiger partial charge in [0.2, 0.25) is 0 Å². The lowest BCUT2D eigenvalue weighted by molar-refractivity contribution is 0.132. The summed E-state index contributed by atoms with van der Waals surface area (Å²) in [5.41, 5.74) is 1.44. The van der Waals surface area contributed by atoms with Gasteiger partial charge in [0.15, 0.2) is 0 Å². The standard InChI is InChI=1S/C14H10ClFNO/c15-13-5-1-3-11(7-13)9-17-18-10-12-4-2-6-14(16)8-12/h1-8H,10H2. The highest BCUT2D eigenvalue weighted by Crippen LogP contribution is 2.09. The zero-order valence-electron chi connectivity index (χ0n) is 9.44. The Morgan fingerprint density at radius 1 is 1.17 bits per heavy atom. The molecule has 0 atom stereocenters. The van der Waals surface area contributed by atoms with E-state index in [1.807, 2.05) is 0 Å². The summed E-state index contributed by atoms with van der Waals surface area (Å²) >= 11 is 5.81. The molecule has 0 aliphatic rings. The van der Waals surface area contributed by atoms with Crippen molar-refractivity contribution < 1.29 is 9.23 Å². The predicted octanol–water partition coefficient (Wildman–Crippen LogP) is 3.91. The minimum atomic E-state index is -0.293. The van der Waals surface area contributed by atoms with Gasteiger partial charge in [-0.25, -0.2) is 4.39 Å². The number of benzene rings is 2. The normalized spacial score (nSPS) is 10.8. The highest BCUT2D eigenvalue weighted by atomic mass is 35.5. The number of hydrogen-bond acceptors (Lipinski definition) is 2. The molecule has 2 aromatic carbocycles. The van der Waals surface area contributed by atoms with E-state index in [0.717, 1.165) is 5.56 Å². The summed E-state index contributed by atoms with van der Waals surface area (Å²) in [7, 11) is 0. The Bertz CT molecular complexity index is 557. The summed E-state index contributed by atoms with van der Waals surface area (Å²) in [5, 5.41) is 4.29. The molecule has 0 amide bonds. The Morgan fingerprint density at radius 2 is 2.00 bits per heavy atom. The van der Waals surface area contributed by atoms with Crippen molar-refractivity contribution in [2.24, 2.45) is 5.16 Å². The smallest absolute Gasteiger partial charge is 0.142 e. The fourth-order valence-corrected chi connectivity index (χ4v) is 1.57. The van der Waals surface area contributed by atoms with Crippen molar-refractivity contribution in [3.8, 4) is 0 Å². The molecule has 0 fully saturated rings. The molecule has 2 aromatic rings. The minimum Gasteiger partial charge on any atom is -0.390 e. The van der Waals surface area contributed by atoms with Gasteiger partial charge in [0.25, 0.3) is 0 Å². The van der Waals surface area contributed by atoms with E-state index in [2.05, 4.69) is 11.4 Å². The van der Waals surface area contributed by atoms with E-state index in [1.165, 1.54) is 12.1 Å². The number of nitrogens with zero attached hydrogens (tertiary/aromatic N) is 1. The summed E-state index contributed by atoms with van der Waals surface area (Å²) in [4.78, 5) is 5.02. The van der Waals surface area contributed by atoms with Crippen LogP contribution in [-0.4, -0.2) is 6.21 Å². The first-order valence-corrected chi connectivity index (χ1v) is 5.70. The molecule has 0 aromatic heterocycles. The Hall–Kier alpha value is -1.87. The van der Waals surface area contributed by atoms with Gasteiger partial charge in [0, 0.05) is 10.6 Å². The average Bonchev–Trinajstić information content (AvgIpc) is 2.35. The van der Waals surface area contributed by atoms with Crippen LogP contribution in [0.4, 0.5) is 4.39 Å². The van der Waals surface area contributed by atoms with Crippen LogP contribution in [0.15, 0.2) is 53.7 Å². The first kappa shape index (κ1) is 12.6. The third-order valence-electron chi connectivity index (χ3n) is 2.18. The van der Waals surface area contributed by atoms with Crippen molar-refractivity contribution in [1.82, 2.24) is 0 Å². The third kappa shape index (κ3) is 3.86. The first-order chi connectivity index (χ1) is 8.74. The number of hydrogen-bond donors (Lipinski definition) is 0. The summed E-state index contributed by atoms with van der Waals surface area (Å²) in [5.74, 6) is -0.293. The van der Waals surface area contributed by atoms with E-state index in [4.69, 9.17) is 16.4 Å². The van der Waals surface area contributed by atoms with Crippen molar-refractivity contribution in [3.63, 3.8) is 0 Å². The van der Waals surface area contributed by atoms with E-state index in [9.17, 15) is 4.39 Å². The Kier molecular flexibility index (Phi) is 4.31. The van der Waals surface area contributed by atoms with E-state index in [1.54, 1.807) is 36.4 Å². The molecule has 4 heteroatoms. The second-order valence-corrected chi connectivity index (χ2v) is 4.05. The van der Waals surface area contributed by atoms with Gasteiger partial charge in [0.1, 0.15) is 18.6 Å². The Morgan fingerprint density at radius 3 is 2.78 bits per heavy atom. The molecule has 2 rings (SSSR count). The van der Waals surface area contributed by atoms with Gasteiger partial charge in [-0.3, -0.25) is 0 Å². The lowest BCUT2D eigenvalue weighted by Crippen LogP contribution is -1.89. The molecule has 2 nitrogen and oxygen atoms in total. The van der Waals surface area contributed by atoms with Gasteiger partial charge in [-0.15, -0.1) is 0 Å². The van der Waals surface area contributed by atoms with Gasteiger partial charge in [-0.2, -0.15) is 0 Å². The van der Waals surface area contributed by atoms with Gasteiger partial charge in [-0.05, 0) is 29.8 Å². The van der Waals surface area contributed by atoms with Crippen LogP contribution < -0.4 is 0 Å². The van der Waals surface area contributed by atoms with Crippen LogP contribution in [-0.2, 0) is 11.4 Å². The van der Waals surface area contributed by atoms with Crippen molar-refractivity contribution in [2.45, 2.75) is 6.61 Å². The van der Waals surface area contributed by atoms with Crippen LogP contribution in [0.5, 0.6) is 0 Å². The SMILES string of the molecule is Fc1cccc(CO/N=[C]\c2cccc(Cl)c2)c1. The summed E-state index contributed by atoms with van der Waals surface area (Å²) < 4.78 is 12.9. The maximum Gasteiger partial charge on any atom is 0.142 e. The molecule has 0 unspecified atom stereocenters. The summed E-state index contributed by atoms with van der Waals surface area (Å²) in [6.07, 6.45) is 2.69. The fourth-order valence-electron chi connectivity index (χ4n) is 1.38. The van der Waals surface area contributed by atoms with Gasteiger partial charge in [-0.1, -0.05) is 41.0 Å². The van der Waals surface area contributed by atoms with Gasteiger partial charge < -0.3 is 4.84 Å². The van der Waals surface area contributed by atoms with Crippen LogP contribution in [0.2, 0.25) is 5.02 Å². The van der Waals surface area contributed by atoms with E-state index < -0.39 is 0 Å². The molecule has 0 heterocycles. The molecular weight excluding hydrogens is 253 g/mol. The highest BCUT2D eigenvalue weighted by Gasteiger charge is 1.95. The van der Waals surface area contributed by atoms with E-state index >= 15 is 0 Å². The minimum absolute atomic E-state index is 0.200. The first-order valence-electron chi connectivity index (χ1n) is 5.32. The molecular formula is C14H10ClFNO. The van der Waals surface area contributed by atoms with Crippen molar-refractivity contribution >= 4 is 17.8 Å². The molecule has 0 saturated carbocycles. The van der Waals surface area contributed by atoms with Crippen molar-refractivity contribution in [3.05, 3.63) is 70.5 Å². The lowest BCUT2D eigenvalue weighted by Gasteiger charge is -1.99. The predicted molar refractivity (Wildman–Crippen MR) is 69.2 cm³/mol. The van der Waals surface area contributed by atoms with Crippen LogP contribution in [0.25, 0.3) is 0 Å². The molecule has 0 spiro atoms. The Balaban J connectivity index is 1.89. The van der Waals surface area contributed by atoms with E-state index in [0.29, 0.717) is 10.6 Å². The van der Waals surface area contributed by atoms with Crippen LogP contribution in [0.3, 0.4) is 0 Å². The molecule has 0 N–H and O–H groups in total. The van der Waals surface area contributed by atoms with E-state index in [-0.39, 0.29) is 12.4 Å². The number of halogens is 2. The quantitative estimate of drug-likeness (QED) is 0.605. The maximum absolute atomic E-state index is 12.9. The van der Waals surface area contributed by atoms with Crippen molar-refractivity contribution in [1.29, 1.82) is 0 Å². The average molecular weight is 263 g/mol. The molecule has 91 valence electrons. The summed E-state index contributed by atoms with van der Waals surface area (Å²) in [6, 6.07) is 13.3. The molecule has 0 aliphatic heterocycles. The van der Waals surface area contributed by atoms with Crippen molar-refractivity contribution in [2.75, 3.05) is 0 Å². The topological polar surface area (TPSA) is 21.6 Å². The van der Waals surface area contributed by atoms with Gasteiger partial charge in [0.05, 0.1) is 0 Å². The molecule has 0 bridgehead atoms. The molecule has 18 heavy (non-hydrogen) atoms. The summed E-state index contributed by atoms with van der Waals surface area (Å²) in [6.45, 7) is 0.200. The largest absolute Gasteiger partial charge is 0.390 e. The second-order valence-electron chi connectivity index (χ2n) is 3.62. The van der Waals surface area contributed by atoms with Crippen LogP contribution in [0, 0.1) is 5.82 Å². The monoisotopic (exact) mass is 262 g/mol. The molecule has 0 saturated heterocycles. The maximum atomic E-state index is 12.9. The highest BCUT2D eigenvalue weighted by molar-refractivity contribution is 6.30. The zero-order valence-corrected chi connectivity index (χ0v) is 10.2.